The third-order valence-corrected chi connectivity index (χ3v) is 5.81. The lowest BCUT2D eigenvalue weighted by Gasteiger charge is -2.10. The number of benzene rings is 2. The first-order chi connectivity index (χ1) is 13.3. The second kappa shape index (κ2) is 6.65. The van der Waals surface area contributed by atoms with Crippen LogP contribution in [0.4, 0.5) is 11.4 Å². The van der Waals surface area contributed by atoms with E-state index in [0.29, 0.717) is 28.2 Å². The van der Waals surface area contributed by atoms with Gasteiger partial charge in [0.2, 0.25) is 0 Å². The number of carbonyl (C=O) groups is 1. The molecule has 1 aromatic heterocycles. The number of anilines is 2. The minimum Gasteiger partial charge on any atom is -0.343 e. The minimum atomic E-state index is -3.73. The number of aryl methyl sites for hydroxylation is 2. The third-order valence-electron chi connectivity index (χ3n) is 4.41. The van der Waals surface area contributed by atoms with Gasteiger partial charge in [-0.05, 0) is 50.3 Å². The Morgan fingerprint density at radius 3 is 2.50 bits per heavy atom. The van der Waals surface area contributed by atoms with Crippen LogP contribution < -0.4 is 10.0 Å². The Labute approximate surface area is 162 Å². The van der Waals surface area contributed by atoms with Gasteiger partial charge in [-0.3, -0.25) is 9.52 Å². The number of fused-ring (bicyclic) bond motifs is 1. The molecule has 0 saturated heterocycles. The molecule has 3 N–H and O–H groups in total. The van der Waals surface area contributed by atoms with Gasteiger partial charge in [-0.1, -0.05) is 17.7 Å². The molecule has 0 radical (unpaired) electrons. The number of nitrogens with one attached hydrogen (secondary N) is 3. The molecule has 0 aliphatic carbocycles. The summed E-state index contributed by atoms with van der Waals surface area (Å²) >= 11 is 0. The molecule has 2 heterocycles. The van der Waals surface area contributed by atoms with Gasteiger partial charge in [0.25, 0.3) is 15.9 Å². The van der Waals surface area contributed by atoms with Gasteiger partial charge in [-0.25, -0.2) is 13.4 Å². The molecule has 28 heavy (non-hydrogen) atoms. The first-order valence-corrected chi connectivity index (χ1v) is 10.1. The molecular formula is C20H18N4O3S. The Balaban J connectivity index is 1.68. The number of nitrogens with zero attached hydrogens (tertiary/aromatic N) is 1. The van der Waals surface area contributed by atoms with E-state index in [9.17, 15) is 13.2 Å². The van der Waals surface area contributed by atoms with Gasteiger partial charge in [0.1, 0.15) is 5.82 Å². The monoisotopic (exact) mass is 394 g/mol. The molecule has 8 heteroatoms. The molecule has 1 amide bonds. The highest BCUT2D eigenvalue weighted by Crippen LogP contribution is 2.35. The predicted octanol–water partition coefficient (Wildman–Crippen LogP) is 3.32. The molecule has 7 nitrogen and oxygen atoms in total. The highest BCUT2D eigenvalue weighted by atomic mass is 32.2. The lowest BCUT2D eigenvalue weighted by molar-refractivity contribution is -0.110. The summed E-state index contributed by atoms with van der Waals surface area (Å²) in [6.07, 6.45) is 3.33. The van der Waals surface area contributed by atoms with E-state index in [4.69, 9.17) is 0 Å². The van der Waals surface area contributed by atoms with E-state index in [-0.39, 0.29) is 10.8 Å². The highest BCUT2D eigenvalue weighted by molar-refractivity contribution is 7.92. The van der Waals surface area contributed by atoms with Gasteiger partial charge in [-0.2, -0.15) is 0 Å². The molecule has 0 bridgehead atoms. The number of sulfonamides is 1. The van der Waals surface area contributed by atoms with Crippen LogP contribution in [-0.2, 0) is 14.8 Å². The number of carbonyl (C=O) groups excluding carboxylic acids is 1. The van der Waals surface area contributed by atoms with E-state index in [0.717, 1.165) is 11.4 Å². The van der Waals surface area contributed by atoms with Gasteiger partial charge >= 0.3 is 0 Å². The first-order valence-electron chi connectivity index (χ1n) is 8.60. The average Bonchev–Trinajstić information content (AvgIpc) is 3.19. The first kappa shape index (κ1) is 18.0. The maximum atomic E-state index is 12.6. The average molecular weight is 394 g/mol. The van der Waals surface area contributed by atoms with E-state index in [1.165, 1.54) is 0 Å². The quantitative estimate of drug-likeness (QED) is 0.591. The molecule has 142 valence electrons. The molecule has 2 aromatic carbocycles. The van der Waals surface area contributed by atoms with E-state index >= 15 is 0 Å². The molecule has 3 aromatic rings. The van der Waals surface area contributed by atoms with E-state index < -0.39 is 10.0 Å². The SMILES string of the molecule is Cc1ccc(S(=O)(=O)Nc2ccc3c(c2)/C(=C/c2cnc(C)[nH]2)C(=O)N3)cc1. The number of aromatic nitrogens is 2. The van der Waals surface area contributed by atoms with Crippen LogP contribution in [-0.4, -0.2) is 24.3 Å². The Kier molecular flexibility index (Phi) is 4.27. The zero-order chi connectivity index (χ0) is 19.9. The number of hydrogen-bond donors (Lipinski definition) is 3. The number of imidazole rings is 1. The van der Waals surface area contributed by atoms with Crippen molar-refractivity contribution in [2.75, 3.05) is 10.0 Å². The van der Waals surface area contributed by atoms with E-state index in [2.05, 4.69) is 20.0 Å². The van der Waals surface area contributed by atoms with Crippen molar-refractivity contribution >= 4 is 39.0 Å². The molecule has 4 rings (SSSR count). The summed E-state index contributed by atoms with van der Waals surface area (Å²) in [6, 6.07) is 11.5. The highest BCUT2D eigenvalue weighted by Gasteiger charge is 2.25. The fourth-order valence-electron chi connectivity index (χ4n) is 2.99. The van der Waals surface area contributed by atoms with Gasteiger partial charge < -0.3 is 10.3 Å². The molecule has 1 aliphatic heterocycles. The van der Waals surface area contributed by atoms with Crippen molar-refractivity contribution in [3.8, 4) is 0 Å². The lowest BCUT2D eigenvalue weighted by atomic mass is 10.1. The number of aromatic amines is 1. The minimum absolute atomic E-state index is 0.177. The third kappa shape index (κ3) is 3.41. The van der Waals surface area contributed by atoms with Gasteiger partial charge in [-0.15, -0.1) is 0 Å². The van der Waals surface area contributed by atoms with Gasteiger partial charge in [0.15, 0.2) is 0 Å². The van der Waals surface area contributed by atoms with Gasteiger partial charge in [0, 0.05) is 16.9 Å². The molecule has 0 saturated carbocycles. The molecular weight excluding hydrogens is 376 g/mol. The lowest BCUT2D eigenvalue weighted by Crippen LogP contribution is -2.13. The summed E-state index contributed by atoms with van der Waals surface area (Å²) < 4.78 is 27.8. The normalized spacial score (nSPS) is 14.8. The van der Waals surface area contributed by atoms with Crippen molar-refractivity contribution in [1.82, 2.24) is 9.97 Å². The second-order valence-electron chi connectivity index (χ2n) is 6.62. The van der Waals surface area contributed by atoms with Crippen LogP contribution in [0.25, 0.3) is 11.6 Å². The maximum absolute atomic E-state index is 12.6. The van der Waals surface area contributed by atoms with E-state index in [1.54, 1.807) is 54.7 Å². The van der Waals surface area contributed by atoms with Crippen molar-refractivity contribution in [3.63, 3.8) is 0 Å². The molecule has 0 unspecified atom stereocenters. The number of rotatable bonds is 4. The molecule has 0 spiro atoms. The fourth-order valence-corrected chi connectivity index (χ4v) is 4.04. The van der Waals surface area contributed by atoms with Crippen LogP contribution in [0.2, 0.25) is 0 Å². The largest absolute Gasteiger partial charge is 0.343 e. The van der Waals surface area contributed by atoms with Crippen molar-refractivity contribution in [2.24, 2.45) is 0 Å². The predicted molar refractivity (Wildman–Crippen MR) is 108 cm³/mol. The summed E-state index contributed by atoms with van der Waals surface area (Å²) in [6.45, 7) is 3.71. The number of hydrogen-bond acceptors (Lipinski definition) is 4. The molecule has 0 fully saturated rings. The van der Waals surface area contributed by atoms with Crippen LogP contribution in [0.5, 0.6) is 0 Å². The van der Waals surface area contributed by atoms with Crippen molar-refractivity contribution in [1.29, 1.82) is 0 Å². The molecule has 1 aliphatic rings. The topological polar surface area (TPSA) is 104 Å². The summed E-state index contributed by atoms with van der Waals surface area (Å²) in [4.78, 5) is 19.7. The fraction of sp³-hybridized carbons (Fsp3) is 0.100. The van der Waals surface area contributed by atoms with Gasteiger partial charge in [0.05, 0.1) is 22.4 Å². The number of H-pyrrole nitrogens is 1. The Hall–Kier alpha value is -3.39. The van der Waals surface area contributed by atoms with E-state index in [1.807, 2.05) is 13.8 Å². The van der Waals surface area contributed by atoms with Crippen LogP contribution >= 0.6 is 0 Å². The summed E-state index contributed by atoms with van der Waals surface area (Å²) in [5.74, 6) is 0.492. The standard InChI is InChI=1S/C20H18N4O3S/c1-12-3-6-16(7-4-12)28(26,27)24-14-5-8-19-17(9-14)18(20(25)23-19)10-15-11-21-13(2)22-15/h3-11,24H,1-2H3,(H,21,22)(H,23,25)/b18-10-. The smallest absolute Gasteiger partial charge is 0.261 e. The van der Waals surface area contributed by atoms with Crippen LogP contribution in [0.3, 0.4) is 0 Å². The summed E-state index contributed by atoms with van der Waals surface area (Å²) in [5.41, 5.74) is 3.75. The Morgan fingerprint density at radius 1 is 1.07 bits per heavy atom. The summed E-state index contributed by atoms with van der Waals surface area (Å²) in [5, 5.41) is 2.78. The number of amides is 1. The second-order valence-corrected chi connectivity index (χ2v) is 8.30. The van der Waals surface area contributed by atoms with Crippen LogP contribution in [0.15, 0.2) is 53.6 Å². The van der Waals surface area contributed by atoms with Crippen molar-refractivity contribution in [3.05, 3.63) is 71.3 Å². The van der Waals surface area contributed by atoms with Crippen molar-refractivity contribution < 1.29 is 13.2 Å². The zero-order valence-electron chi connectivity index (χ0n) is 15.3. The summed E-state index contributed by atoms with van der Waals surface area (Å²) in [7, 11) is -3.73. The van der Waals surface area contributed by atoms with Crippen LogP contribution in [0.1, 0.15) is 22.6 Å². The Morgan fingerprint density at radius 2 is 1.82 bits per heavy atom. The zero-order valence-corrected chi connectivity index (χ0v) is 16.1. The maximum Gasteiger partial charge on any atom is 0.261 e. The Bertz CT molecular complexity index is 1210. The van der Waals surface area contributed by atoms with Crippen molar-refractivity contribution in [2.45, 2.75) is 18.7 Å². The molecule has 0 atom stereocenters. The van der Waals surface area contributed by atoms with Crippen LogP contribution in [0, 0.1) is 13.8 Å².